The molecular formula is C35H71NO3P+. The molecule has 0 saturated heterocycles. The summed E-state index contributed by atoms with van der Waals surface area (Å²) in [6, 6.07) is 0. The van der Waals surface area contributed by atoms with Crippen LogP contribution in [-0.4, -0.2) is 53.9 Å². The lowest BCUT2D eigenvalue weighted by molar-refractivity contribution is -0.883. The van der Waals surface area contributed by atoms with Crippen LogP contribution in [0.2, 0.25) is 0 Å². The summed E-state index contributed by atoms with van der Waals surface area (Å²) in [7, 11) is 5.98. The van der Waals surface area contributed by atoms with Crippen LogP contribution in [0.1, 0.15) is 181 Å². The second-order valence-electron chi connectivity index (χ2n) is 13.3. The van der Waals surface area contributed by atoms with Gasteiger partial charge in [-0.15, -0.1) is 0 Å². The molecule has 0 aliphatic rings. The molecule has 0 heterocycles. The summed E-state index contributed by atoms with van der Waals surface area (Å²) in [6.45, 7) is 4.53. The van der Waals surface area contributed by atoms with E-state index in [-0.39, 0.29) is 25.7 Å². The molecule has 0 saturated carbocycles. The molecule has 3 unspecified atom stereocenters. The van der Waals surface area contributed by atoms with Crippen molar-refractivity contribution in [1.29, 1.82) is 0 Å². The molecule has 0 aromatic heterocycles. The van der Waals surface area contributed by atoms with Gasteiger partial charge in [-0.3, -0.25) is 9.59 Å². The third kappa shape index (κ3) is 24.3. The zero-order valence-electron chi connectivity index (χ0n) is 27.8. The highest BCUT2D eigenvalue weighted by Crippen LogP contribution is 2.32. The van der Waals surface area contributed by atoms with E-state index in [4.69, 9.17) is 0 Å². The number of rotatable bonds is 31. The average Bonchev–Trinajstić information content (AvgIpc) is 2.91. The number of nitrogens with zero attached hydrogens (tertiary/aromatic N) is 1. The quantitative estimate of drug-likeness (QED) is 0.0501. The zero-order chi connectivity index (χ0) is 29.9. The van der Waals surface area contributed by atoms with Crippen LogP contribution in [-0.2, 0) is 9.59 Å². The van der Waals surface area contributed by atoms with E-state index in [9.17, 15) is 14.7 Å². The van der Waals surface area contributed by atoms with E-state index < -0.39 is 6.10 Å². The van der Waals surface area contributed by atoms with Crippen LogP contribution >= 0.6 is 8.58 Å². The van der Waals surface area contributed by atoms with E-state index >= 15 is 0 Å². The summed E-state index contributed by atoms with van der Waals surface area (Å²) < 4.78 is 0.452. The third-order valence-corrected chi connectivity index (χ3v) is 10.3. The first-order chi connectivity index (χ1) is 19.2. The van der Waals surface area contributed by atoms with Crippen molar-refractivity contribution in [2.75, 3.05) is 21.1 Å². The van der Waals surface area contributed by atoms with Crippen molar-refractivity contribution in [3.05, 3.63) is 0 Å². The van der Waals surface area contributed by atoms with Crippen molar-refractivity contribution >= 4 is 19.9 Å². The second kappa shape index (κ2) is 27.5. The van der Waals surface area contributed by atoms with Crippen molar-refractivity contribution in [3.8, 4) is 0 Å². The van der Waals surface area contributed by atoms with E-state index in [0.29, 0.717) is 17.3 Å². The smallest absolute Gasteiger partial charge is 0.168 e. The standard InChI is InChI=1S/C35H71NO3P/c1-6-8-10-12-14-16-18-19-21-23-25-27-29-31-33(38)40-35(36(3,4)5)34(39)32(37)30-28-26-24-22-20-17-15-13-11-9-7-2/h34-35,39-40H,6-31H2,1-5H3/q+1. The SMILES string of the molecule is CCCCCCCCCCCCCCCC(=O)PC(C(O)C(=O)CCCCCCCCCCCCC)[N+](C)(C)C. The summed E-state index contributed by atoms with van der Waals surface area (Å²) in [5.74, 6) is -0.398. The summed E-state index contributed by atoms with van der Waals surface area (Å²) in [4.78, 5) is 25.6. The van der Waals surface area contributed by atoms with Gasteiger partial charge in [-0.2, -0.15) is 0 Å². The van der Waals surface area contributed by atoms with Crippen molar-refractivity contribution < 1.29 is 19.2 Å². The molecule has 0 bridgehead atoms. The molecule has 0 radical (unpaired) electrons. The largest absolute Gasteiger partial charge is 0.379 e. The lowest BCUT2D eigenvalue weighted by atomic mass is 10.0. The Bertz CT molecular complexity index is 590. The maximum absolute atomic E-state index is 12.8. The maximum Gasteiger partial charge on any atom is 0.168 e. The number of quaternary nitrogens is 1. The molecule has 0 amide bonds. The van der Waals surface area contributed by atoms with E-state index in [2.05, 4.69) is 13.8 Å². The monoisotopic (exact) mass is 585 g/mol. The number of carbonyl (C=O) groups excluding carboxylic acids is 2. The van der Waals surface area contributed by atoms with Crippen molar-refractivity contribution in [2.24, 2.45) is 0 Å². The third-order valence-electron chi connectivity index (χ3n) is 8.31. The first-order valence-electron chi connectivity index (χ1n) is 17.5. The van der Waals surface area contributed by atoms with Gasteiger partial charge in [0.15, 0.2) is 17.4 Å². The van der Waals surface area contributed by atoms with Crippen LogP contribution in [0.3, 0.4) is 0 Å². The Morgan fingerprint density at radius 1 is 0.525 bits per heavy atom. The van der Waals surface area contributed by atoms with Gasteiger partial charge < -0.3 is 9.59 Å². The average molecular weight is 585 g/mol. The van der Waals surface area contributed by atoms with Crippen LogP contribution in [0.25, 0.3) is 0 Å². The van der Waals surface area contributed by atoms with E-state index in [1.807, 2.05) is 21.1 Å². The van der Waals surface area contributed by atoms with Crippen LogP contribution in [0.5, 0.6) is 0 Å². The Labute approximate surface area is 252 Å². The first kappa shape index (κ1) is 39.7. The lowest BCUT2D eigenvalue weighted by Crippen LogP contribution is -2.52. The molecule has 4 nitrogen and oxygen atoms in total. The highest BCUT2D eigenvalue weighted by molar-refractivity contribution is 7.58. The number of ketones is 1. The van der Waals surface area contributed by atoms with Gasteiger partial charge in [0.25, 0.3) is 0 Å². The van der Waals surface area contributed by atoms with Crippen LogP contribution in [0.15, 0.2) is 0 Å². The minimum absolute atomic E-state index is 0.000118. The Kier molecular flexibility index (Phi) is 27.3. The Hall–Kier alpha value is -0.310. The summed E-state index contributed by atoms with van der Waals surface area (Å²) in [5, 5.41) is 10.9. The zero-order valence-corrected chi connectivity index (χ0v) is 28.8. The number of likely N-dealkylation sites (N-methyl/N-ethyl adjacent to an activating group) is 1. The van der Waals surface area contributed by atoms with Crippen molar-refractivity contribution in [2.45, 2.75) is 193 Å². The second-order valence-corrected chi connectivity index (χ2v) is 14.8. The predicted octanol–water partition coefficient (Wildman–Crippen LogP) is 10.3. The molecule has 0 aromatic carbocycles. The molecular weight excluding hydrogens is 513 g/mol. The number of aliphatic hydroxyl groups is 1. The Morgan fingerprint density at radius 2 is 0.825 bits per heavy atom. The number of hydrogen-bond acceptors (Lipinski definition) is 3. The van der Waals surface area contributed by atoms with Crippen LogP contribution < -0.4 is 0 Å². The van der Waals surface area contributed by atoms with Gasteiger partial charge in [-0.05, 0) is 12.8 Å². The molecule has 40 heavy (non-hydrogen) atoms. The maximum atomic E-state index is 12.8. The molecule has 1 N–H and O–H groups in total. The number of hydrogen-bond donors (Lipinski definition) is 1. The number of carbonyl (C=O) groups is 2. The van der Waals surface area contributed by atoms with Gasteiger partial charge in [0, 0.05) is 21.4 Å². The van der Waals surface area contributed by atoms with Crippen molar-refractivity contribution in [3.63, 3.8) is 0 Å². The fraction of sp³-hybridized carbons (Fsp3) is 0.943. The minimum atomic E-state index is -1.03. The topological polar surface area (TPSA) is 54.4 Å². The van der Waals surface area contributed by atoms with Gasteiger partial charge in [0.1, 0.15) is 5.78 Å². The fourth-order valence-corrected chi connectivity index (χ4v) is 6.91. The molecule has 0 spiro atoms. The number of unbranched alkanes of at least 4 members (excludes halogenated alkanes) is 22. The van der Waals surface area contributed by atoms with Gasteiger partial charge in [-0.1, -0.05) is 155 Å². The molecule has 0 aliphatic heterocycles. The van der Waals surface area contributed by atoms with Gasteiger partial charge in [-0.25, -0.2) is 0 Å². The lowest BCUT2D eigenvalue weighted by Gasteiger charge is -2.36. The van der Waals surface area contributed by atoms with E-state index in [0.717, 1.165) is 25.7 Å². The molecule has 3 atom stereocenters. The number of Topliss-reactive ketones (excluding diaryl/α,β-unsaturated/α-hetero) is 1. The molecule has 0 rings (SSSR count). The molecule has 0 aromatic rings. The summed E-state index contributed by atoms with van der Waals surface area (Å²) in [5.41, 5.74) is 0.225. The predicted molar refractivity (Wildman–Crippen MR) is 178 cm³/mol. The van der Waals surface area contributed by atoms with Crippen LogP contribution in [0.4, 0.5) is 0 Å². The highest BCUT2D eigenvalue weighted by Gasteiger charge is 2.37. The van der Waals surface area contributed by atoms with Crippen LogP contribution in [0, 0.1) is 0 Å². The molecule has 0 fully saturated rings. The summed E-state index contributed by atoms with van der Waals surface area (Å²) in [6.07, 6.45) is 30.6. The molecule has 5 heteroatoms. The molecule has 0 aliphatic carbocycles. The van der Waals surface area contributed by atoms with E-state index in [1.165, 1.54) is 128 Å². The normalized spacial score (nSPS) is 13.8. The van der Waals surface area contributed by atoms with Crippen molar-refractivity contribution in [1.82, 2.24) is 0 Å². The van der Waals surface area contributed by atoms with Gasteiger partial charge >= 0.3 is 0 Å². The summed E-state index contributed by atoms with van der Waals surface area (Å²) >= 11 is 0. The fourth-order valence-electron chi connectivity index (χ4n) is 5.52. The molecule has 238 valence electrons. The van der Waals surface area contributed by atoms with Gasteiger partial charge in [0.2, 0.25) is 0 Å². The van der Waals surface area contributed by atoms with Gasteiger partial charge in [0.05, 0.1) is 21.1 Å². The number of aliphatic hydroxyl groups excluding tert-OH is 1. The first-order valence-corrected chi connectivity index (χ1v) is 18.6. The highest BCUT2D eigenvalue weighted by atomic mass is 31.1. The van der Waals surface area contributed by atoms with E-state index in [1.54, 1.807) is 0 Å². The Morgan fingerprint density at radius 3 is 1.15 bits per heavy atom. The Balaban J connectivity index is 3.99. The minimum Gasteiger partial charge on any atom is -0.379 e.